The van der Waals surface area contributed by atoms with E-state index in [0.717, 1.165) is 0 Å². The van der Waals surface area contributed by atoms with Crippen molar-refractivity contribution < 1.29 is 9.53 Å². The molecule has 0 radical (unpaired) electrons. The molecule has 0 spiro atoms. The molecular weight excluding hydrogens is 246 g/mol. The van der Waals surface area contributed by atoms with Crippen LogP contribution in [0.2, 0.25) is 0 Å². The molecule has 0 saturated carbocycles. The third kappa shape index (κ3) is 2.57. The van der Waals surface area contributed by atoms with Gasteiger partial charge in [0.25, 0.3) is 5.56 Å². The number of aromatic nitrogens is 2. The number of nitrogens with one attached hydrogen (secondary N) is 3. The monoisotopic (exact) mass is 259 g/mol. The van der Waals surface area contributed by atoms with Gasteiger partial charge < -0.3 is 10.1 Å². The molecule has 0 atom stereocenters. The van der Waals surface area contributed by atoms with Gasteiger partial charge in [0, 0.05) is 6.20 Å². The smallest absolute Gasteiger partial charge is 0.339 e. The zero-order chi connectivity index (χ0) is 13.8. The van der Waals surface area contributed by atoms with Crippen molar-refractivity contribution in [2.75, 3.05) is 12.4 Å². The number of carbonyl (C=O) groups is 1. The molecule has 0 saturated heterocycles. The van der Waals surface area contributed by atoms with E-state index >= 15 is 0 Å². The molecule has 98 valence electrons. The minimum absolute atomic E-state index is 0.284. The highest BCUT2D eigenvalue weighted by atomic mass is 16.5. The maximum absolute atomic E-state index is 11.6. The van der Waals surface area contributed by atoms with E-state index in [2.05, 4.69) is 26.8 Å². The third-order valence-corrected chi connectivity index (χ3v) is 2.60. The van der Waals surface area contributed by atoms with Crippen molar-refractivity contribution in [1.82, 2.24) is 10.2 Å². The average molecular weight is 259 g/mol. The Morgan fingerprint density at radius 1 is 1.37 bits per heavy atom. The van der Waals surface area contributed by atoms with Crippen molar-refractivity contribution in [2.24, 2.45) is 0 Å². The van der Waals surface area contributed by atoms with Crippen LogP contribution in [0.25, 0.3) is 12.8 Å². The number of rotatable bonds is 3. The first-order valence-electron chi connectivity index (χ1n) is 5.53. The van der Waals surface area contributed by atoms with Gasteiger partial charge in [-0.15, -0.1) is 0 Å². The number of hydrogen-bond donors (Lipinski definition) is 3. The topological polar surface area (TPSA) is 87.0 Å². The summed E-state index contributed by atoms with van der Waals surface area (Å²) in [6.07, 6.45) is 1.49. The van der Waals surface area contributed by atoms with Crippen molar-refractivity contribution in [3.63, 3.8) is 0 Å². The number of esters is 1. The lowest BCUT2D eigenvalue weighted by Crippen LogP contribution is -2.33. The lowest BCUT2D eigenvalue weighted by molar-refractivity contribution is 0.0602. The van der Waals surface area contributed by atoms with Gasteiger partial charge in [-0.05, 0) is 12.1 Å². The molecule has 1 aromatic heterocycles. The summed E-state index contributed by atoms with van der Waals surface area (Å²) in [5.74, 6) is -0.450. The van der Waals surface area contributed by atoms with Crippen molar-refractivity contribution in [1.29, 1.82) is 0 Å². The van der Waals surface area contributed by atoms with Gasteiger partial charge in [0.2, 0.25) is 0 Å². The number of benzene rings is 1. The quantitative estimate of drug-likeness (QED) is 0.663. The van der Waals surface area contributed by atoms with Gasteiger partial charge in [0.05, 0.1) is 28.9 Å². The molecule has 19 heavy (non-hydrogen) atoms. The van der Waals surface area contributed by atoms with Crippen LogP contribution in [0, 0.1) is 0 Å². The van der Waals surface area contributed by atoms with Gasteiger partial charge in [0.15, 0.2) is 0 Å². The fraction of sp³-hybridized carbons (Fsp3) is 0.0769. The van der Waals surface area contributed by atoms with Crippen LogP contribution in [-0.2, 0) is 4.74 Å². The van der Waals surface area contributed by atoms with Gasteiger partial charge in [-0.3, -0.25) is 15.0 Å². The third-order valence-electron chi connectivity index (χ3n) is 2.60. The normalized spacial score (nSPS) is 11.3. The molecule has 0 amide bonds. The molecule has 6 heteroatoms. The minimum atomic E-state index is -0.450. The van der Waals surface area contributed by atoms with Crippen LogP contribution >= 0.6 is 0 Å². The molecule has 1 heterocycles. The summed E-state index contributed by atoms with van der Waals surface area (Å²) in [7, 11) is 1.31. The molecule has 0 fully saturated rings. The van der Waals surface area contributed by atoms with Crippen LogP contribution in [0.1, 0.15) is 10.4 Å². The predicted octanol–water partition coefficient (Wildman–Crippen LogP) is -0.250. The second-order valence-corrected chi connectivity index (χ2v) is 3.80. The van der Waals surface area contributed by atoms with Gasteiger partial charge in [-0.1, -0.05) is 18.7 Å². The van der Waals surface area contributed by atoms with E-state index in [1.165, 1.54) is 13.3 Å². The van der Waals surface area contributed by atoms with E-state index in [4.69, 9.17) is 0 Å². The van der Waals surface area contributed by atoms with Crippen LogP contribution in [0.3, 0.4) is 0 Å². The van der Waals surface area contributed by atoms with Crippen LogP contribution in [0.15, 0.2) is 29.1 Å². The number of hydrogen-bond acceptors (Lipinski definition) is 4. The summed E-state index contributed by atoms with van der Waals surface area (Å²) in [5, 5.41) is 8.77. The molecule has 1 aromatic carbocycles. The Morgan fingerprint density at radius 3 is 2.74 bits per heavy atom. The highest BCUT2D eigenvalue weighted by Gasteiger charge is 2.09. The second kappa shape index (κ2) is 5.26. The second-order valence-electron chi connectivity index (χ2n) is 3.80. The van der Waals surface area contributed by atoms with Crippen molar-refractivity contribution in [2.45, 2.75) is 0 Å². The first-order chi connectivity index (χ1) is 9.13. The standard InChI is InChI=1S/C13H13N3O3/c1-8-10(12(17)16-15-8)7-14-11-6-4-3-5-9(11)13(18)19-2/h3-7,14-15H,1H2,2H3,(H,16,17)/b10-7-. The Morgan fingerprint density at radius 2 is 2.11 bits per heavy atom. The number of para-hydroxylation sites is 1. The first kappa shape index (κ1) is 12.7. The minimum Gasteiger partial charge on any atom is -0.465 e. The number of aromatic amines is 2. The number of ether oxygens (including phenoxy) is 1. The highest BCUT2D eigenvalue weighted by Crippen LogP contribution is 2.15. The number of methoxy groups -OCH3 is 1. The Hall–Kier alpha value is -2.76. The van der Waals surface area contributed by atoms with Crippen molar-refractivity contribution >= 4 is 24.4 Å². The molecule has 2 aromatic rings. The lowest BCUT2D eigenvalue weighted by Gasteiger charge is -2.06. The fourth-order valence-corrected chi connectivity index (χ4v) is 1.60. The lowest BCUT2D eigenvalue weighted by atomic mass is 10.2. The Bertz CT molecular complexity index is 727. The summed E-state index contributed by atoms with van der Waals surface area (Å²) in [6, 6.07) is 6.85. The molecule has 0 aliphatic heterocycles. The summed E-state index contributed by atoms with van der Waals surface area (Å²) >= 11 is 0. The van der Waals surface area contributed by atoms with E-state index in [1.807, 2.05) is 0 Å². The number of carbonyl (C=O) groups excluding carboxylic acids is 1. The zero-order valence-electron chi connectivity index (χ0n) is 10.3. The van der Waals surface area contributed by atoms with Crippen molar-refractivity contribution in [3.05, 3.63) is 50.8 Å². The molecule has 0 aliphatic rings. The SMILES string of the molecule is C=c1[nH][nH]c(=O)/c1=C\Nc1ccccc1C(=O)OC. The molecule has 6 nitrogen and oxygen atoms in total. The van der Waals surface area contributed by atoms with Crippen LogP contribution in [-0.4, -0.2) is 23.3 Å². The van der Waals surface area contributed by atoms with Crippen LogP contribution < -0.4 is 21.4 Å². The molecular formula is C13H13N3O3. The zero-order valence-corrected chi connectivity index (χ0v) is 10.3. The predicted molar refractivity (Wildman–Crippen MR) is 72.1 cm³/mol. The fourth-order valence-electron chi connectivity index (χ4n) is 1.60. The maximum Gasteiger partial charge on any atom is 0.339 e. The summed E-state index contributed by atoms with van der Waals surface area (Å²) in [6.45, 7) is 3.68. The first-order valence-corrected chi connectivity index (χ1v) is 5.53. The number of anilines is 1. The van der Waals surface area contributed by atoms with Gasteiger partial charge >= 0.3 is 5.97 Å². The van der Waals surface area contributed by atoms with Crippen molar-refractivity contribution in [3.8, 4) is 0 Å². The van der Waals surface area contributed by atoms with E-state index in [0.29, 0.717) is 21.8 Å². The van der Waals surface area contributed by atoms with Gasteiger partial charge in [0.1, 0.15) is 0 Å². The summed E-state index contributed by atoms with van der Waals surface area (Å²) in [4.78, 5) is 23.0. The highest BCUT2D eigenvalue weighted by molar-refractivity contribution is 5.96. The van der Waals surface area contributed by atoms with Gasteiger partial charge in [-0.2, -0.15) is 0 Å². The summed E-state index contributed by atoms with van der Waals surface area (Å²) in [5.41, 5.74) is 0.654. The Balaban J connectivity index is 2.41. The largest absolute Gasteiger partial charge is 0.465 e. The Labute approximate surface area is 108 Å². The van der Waals surface area contributed by atoms with E-state index in [9.17, 15) is 9.59 Å². The molecule has 2 rings (SSSR count). The number of H-pyrrole nitrogens is 2. The molecule has 0 bridgehead atoms. The van der Waals surface area contributed by atoms with E-state index in [1.54, 1.807) is 24.3 Å². The van der Waals surface area contributed by atoms with E-state index in [-0.39, 0.29) is 5.56 Å². The molecule has 3 N–H and O–H groups in total. The van der Waals surface area contributed by atoms with Crippen LogP contribution in [0.5, 0.6) is 0 Å². The van der Waals surface area contributed by atoms with Gasteiger partial charge in [-0.25, -0.2) is 4.79 Å². The van der Waals surface area contributed by atoms with E-state index < -0.39 is 5.97 Å². The maximum atomic E-state index is 11.6. The molecule has 0 unspecified atom stereocenters. The summed E-state index contributed by atoms with van der Waals surface area (Å²) < 4.78 is 4.68. The van der Waals surface area contributed by atoms with Crippen LogP contribution in [0.4, 0.5) is 5.69 Å². The average Bonchev–Trinajstić information content (AvgIpc) is 2.75. The molecule has 0 aliphatic carbocycles. The Kier molecular flexibility index (Phi) is 3.51.